The van der Waals surface area contributed by atoms with Gasteiger partial charge < -0.3 is 10.8 Å². The normalized spacial score (nSPS) is 11.8. The molecule has 8 heteroatoms. The van der Waals surface area contributed by atoms with E-state index in [4.69, 9.17) is 10.8 Å². The number of amides is 1. The van der Waals surface area contributed by atoms with E-state index in [9.17, 15) is 19.7 Å². The molecular formula is C12H14N2O5S. The maximum Gasteiger partial charge on any atom is 0.304 e. The van der Waals surface area contributed by atoms with E-state index in [2.05, 4.69) is 0 Å². The van der Waals surface area contributed by atoms with Crippen molar-refractivity contribution in [2.45, 2.75) is 24.3 Å². The number of primary amides is 1. The number of carboxylic acids is 1. The second kappa shape index (κ2) is 6.90. The fraction of sp³-hybridized carbons (Fsp3) is 0.333. The van der Waals surface area contributed by atoms with Crippen LogP contribution in [0, 0.1) is 10.1 Å². The van der Waals surface area contributed by atoms with Gasteiger partial charge in [-0.15, -0.1) is 0 Å². The summed E-state index contributed by atoms with van der Waals surface area (Å²) in [7, 11) is 0. The van der Waals surface area contributed by atoms with Gasteiger partial charge in [0, 0.05) is 28.2 Å². The second-order valence-electron chi connectivity index (χ2n) is 4.18. The average molecular weight is 298 g/mol. The van der Waals surface area contributed by atoms with Gasteiger partial charge in [0.2, 0.25) is 5.91 Å². The molecule has 0 radical (unpaired) electrons. The number of aliphatic carboxylic acids is 1. The number of carbonyl (C=O) groups is 2. The molecule has 1 aromatic rings. The Morgan fingerprint density at radius 1 is 1.50 bits per heavy atom. The lowest BCUT2D eigenvalue weighted by Gasteiger charge is -2.09. The highest BCUT2D eigenvalue weighted by atomic mass is 32.2. The van der Waals surface area contributed by atoms with Crippen molar-refractivity contribution in [2.75, 3.05) is 0 Å². The van der Waals surface area contributed by atoms with Gasteiger partial charge in [0.15, 0.2) is 0 Å². The molecule has 1 unspecified atom stereocenters. The molecule has 0 aliphatic heterocycles. The first-order chi connectivity index (χ1) is 9.31. The molecule has 0 bridgehead atoms. The number of hydrogen-bond donors (Lipinski definition) is 2. The molecule has 0 spiro atoms. The summed E-state index contributed by atoms with van der Waals surface area (Å²) in [5.74, 6) is -1.35. The van der Waals surface area contributed by atoms with Gasteiger partial charge in [-0.3, -0.25) is 19.7 Å². The quantitative estimate of drug-likeness (QED) is 0.584. The zero-order valence-electron chi connectivity index (χ0n) is 10.7. The minimum Gasteiger partial charge on any atom is -0.481 e. The van der Waals surface area contributed by atoms with Crippen LogP contribution in [-0.2, 0) is 10.5 Å². The van der Waals surface area contributed by atoms with Crippen molar-refractivity contribution >= 4 is 29.3 Å². The second-order valence-corrected chi connectivity index (χ2v) is 5.61. The fourth-order valence-corrected chi connectivity index (χ4v) is 2.51. The minimum atomic E-state index is -0.913. The molecule has 0 fully saturated rings. The number of rotatable bonds is 7. The Bertz CT molecular complexity index is 547. The van der Waals surface area contributed by atoms with E-state index in [1.165, 1.54) is 23.9 Å². The van der Waals surface area contributed by atoms with E-state index in [-0.39, 0.29) is 22.9 Å². The first-order valence-electron chi connectivity index (χ1n) is 5.71. The predicted octanol–water partition coefficient (Wildman–Crippen LogP) is 1.79. The van der Waals surface area contributed by atoms with Gasteiger partial charge in [-0.2, -0.15) is 11.8 Å². The molecule has 1 amide bonds. The fourth-order valence-electron chi connectivity index (χ4n) is 1.55. The summed E-state index contributed by atoms with van der Waals surface area (Å²) in [5.41, 5.74) is 5.40. The molecule has 0 saturated heterocycles. The van der Waals surface area contributed by atoms with E-state index in [1.807, 2.05) is 0 Å². The molecule has 20 heavy (non-hydrogen) atoms. The van der Waals surface area contributed by atoms with E-state index in [1.54, 1.807) is 6.92 Å². The third kappa shape index (κ3) is 4.54. The van der Waals surface area contributed by atoms with Crippen LogP contribution in [0.25, 0.3) is 0 Å². The first kappa shape index (κ1) is 16.0. The molecule has 3 N–H and O–H groups in total. The van der Waals surface area contributed by atoms with Crippen molar-refractivity contribution in [3.8, 4) is 0 Å². The van der Waals surface area contributed by atoms with E-state index < -0.39 is 16.8 Å². The molecule has 0 heterocycles. The van der Waals surface area contributed by atoms with Crippen molar-refractivity contribution < 1.29 is 19.6 Å². The lowest BCUT2D eigenvalue weighted by atomic mass is 10.1. The molecule has 0 aliphatic carbocycles. The predicted molar refractivity (Wildman–Crippen MR) is 74.6 cm³/mol. The van der Waals surface area contributed by atoms with Crippen LogP contribution in [0.15, 0.2) is 18.2 Å². The summed E-state index contributed by atoms with van der Waals surface area (Å²) in [6.07, 6.45) is -0.0160. The Morgan fingerprint density at radius 3 is 2.65 bits per heavy atom. The molecule has 0 aromatic heterocycles. The maximum absolute atomic E-state index is 11.0. The number of thioether (sulfide) groups is 1. The van der Waals surface area contributed by atoms with Crippen LogP contribution in [0.2, 0.25) is 0 Å². The van der Waals surface area contributed by atoms with Gasteiger partial charge in [0.25, 0.3) is 5.69 Å². The summed E-state index contributed by atoms with van der Waals surface area (Å²) in [4.78, 5) is 31.9. The Balaban J connectivity index is 2.87. The maximum atomic E-state index is 11.0. The largest absolute Gasteiger partial charge is 0.481 e. The lowest BCUT2D eigenvalue weighted by molar-refractivity contribution is -0.385. The Labute approximate surface area is 119 Å². The smallest absolute Gasteiger partial charge is 0.304 e. The van der Waals surface area contributed by atoms with E-state index in [0.29, 0.717) is 11.3 Å². The SMILES string of the molecule is CC(CC(=O)O)SCc1ccc(C(N)=O)cc1[N+](=O)[O-]. The van der Waals surface area contributed by atoms with Crippen LogP contribution in [0.1, 0.15) is 29.3 Å². The molecule has 7 nitrogen and oxygen atoms in total. The van der Waals surface area contributed by atoms with Gasteiger partial charge in [-0.05, 0) is 6.07 Å². The highest BCUT2D eigenvalue weighted by Gasteiger charge is 2.18. The highest BCUT2D eigenvalue weighted by Crippen LogP contribution is 2.27. The molecular weight excluding hydrogens is 284 g/mol. The van der Waals surface area contributed by atoms with Crippen LogP contribution in [-0.4, -0.2) is 27.2 Å². The van der Waals surface area contributed by atoms with Gasteiger partial charge in [0.05, 0.1) is 11.3 Å². The van der Waals surface area contributed by atoms with Gasteiger partial charge in [0.1, 0.15) is 0 Å². The summed E-state index contributed by atoms with van der Waals surface area (Å²) in [5, 5.41) is 19.5. The standard InChI is InChI=1S/C12H14N2O5S/c1-7(4-11(15)16)20-6-9-3-2-8(12(13)17)5-10(9)14(18)19/h2-3,5,7H,4,6H2,1H3,(H2,13,17)(H,15,16). The molecule has 1 atom stereocenters. The molecule has 0 saturated carbocycles. The number of carboxylic acid groups (broad SMARTS) is 1. The van der Waals surface area contributed by atoms with Crippen LogP contribution < -0.4 is 5.73 Å². The van der Waals surface area contributed by atoms with Crippen molar-refractivity contribution in [3.05, 3.63) is 39.4 Å². The topological polar surface area (TPSA) is 124 Å². The van der Waals surface area contributed by atoms with Crippen LogP contribution in [0.4, 0.5) is 5.69 Å². The number of hydrogen-bond acceptors (Lipinski definition) is 5. The van der Waals surface area contributed by atoms with Crippen molar-refractivity contribution in [2.24, 2.45) is 5.73 Å². The van der Waals surface area contributed by atoms with Crippen molar-refractivity contribution in [1.29, 1.82) is 0 Å². The monoisotopic (exact) mass is 298 g/mol. The molecule has 1 aromatic carbocycles. The van der Waals surface area contributed by atoms with E-state index >= 15 is 0 Å². The van der Waals surface area contributed by atoms with E-state index in [0.717, 1.165) is 6.07 Å². The Morgan fingerprint density at radius 2 is 2.15 bits per heavy atom. The highest BCUT2D eigenvalue weighted by molar-refractivity contribution is 7.99. The Kier molecular flexibility index (Phi) is 5.51. The summed E-state index contributed by atoms with van der Waals surface area (Å²) >= 11 is 1.30. The van der Waals surface area contributed by atoms with Gasteiger partial charge >= 0.3 is 5.97 Å². The number of carbonyl (C=O) groups excluding carboxylic acids is 1. The average Bonchev–Trinajstić information content (AvgIpc) is 2.35. The number of nitrogens with two attached hydrogens (primary N) is 1. The first-order valence-corrected chi connectivity index (χ1v) is 6.76. The Hall–Kier alpha value is -2.09. The minimum absolute atomic E-state index is 0.0160. The summed E-state index contributed by atoms with van der Waals surface area (Å²) in [6.45, 7) is 1.74. The van der Waals surface area contributed by atoms with Gasteiger partial charge in [-0.1, -0.05) is 13.0 Å². The molecule has 108 valence electrons. The van der Waals surface area contributed by atoms with Crippen LogP contribution in [0.3, 0.4) is 0 Å². The van der Waals surface area contributed by atoms with Crippen LogP contribution >= 0.6 is 11.8 Å². The number of nitrogens with zero attached hydrogens (tertiary/aromatic N) is 1. The molecule has 0 aliphatic rings. The zero-order valence-corrected chi connectivity index (χ0v) is 11.6. The zero-order chi connectivity index (χ0) is 15.3. The summed E-state index contributed by atoms with van der Waals surface area (Å²) in [6, 6.07) is 4.03. The summed E-state index contributed by atoms with van der Waals surface area (Å²) < 4.78 is 0. The third-order valence-electron chi connectivity index (χ3n) is 2.55. The third-order valence-corrected chi connectivity index (χ3v) is 3.77. The number of nitro groups is 1. The van der Waals surface area contributed by atoms with Crippen molar-refractivity contribution in [3.63, 3.8) is 0 Å². The molecule has 1 rings (SSSR count). The van der Waals surface area contributed by atoms with Crippen molar-refractivity contribution in [1.82, 2.24) is 0 Å². The van der Waals surface area contributed by atoms with Crippen LogP contribution in [0.5, 0.6) is 0 Å². The lowest BCUT2D eigenvalue weighted by Crippen LogP contribution is -2.11. The number of nitro benzene ring substituents is 1. The number of benzene rings is 1. The van der Waals surface area contributed by atoms with Gasteiger partial charge in [-0.25, -0.2) is 0 Å².